The summed E-state index contributed by atoms with van der Waals surface area (Å²) in [7, 11) is 4.45. The van der Waals surface area contributed by atoms with Crippen LogP contribution in [-0.2, 0) is 4.79 Å². The van der Waals surface area contributed by atoms with Crippen LogP contribution in [0.15, 0.2) is 60.7 Å². The number of allylic oxidation sites excluding steroid dienone is 1. The van der Waals surface area contributed by atoms with E-state index >= 15 is 0 Å². The molecular weight excluding hydrogens is 508 g/mol. The number of carboxylic acids is 1. The van der Waals surface area contributed by atoms with Crippen LogP contribution in [-0.4, -0.2) is 51.1 Å². The van der Waals surface area contributed by atoms with E-state index in [0.717, 1.165) is 20.5 Å². The molecule has 0 saturated carbocycles. The van der Waals surface area contributed by atoms with E-state index in [4.69, 9.17) is 24.1 Å². The lowest BCUT2D eigenvalue weighted by atomic mass is 10.0. The molecule has 38 heavy (non-hydrogen) atoms. The molecule has 4 rings (SSSR count). The lowest BCUT2D eigenvalue weighted by Crippen LogP contribution is -2.12. The van der Waals surface area contributed by atoms with Gasteiger partial charge >= 0.3 is 5.97 Å². The Labute approximate surface area is 222 Å². The zero-order valence-electron chi connectivity index (χ0n) is 20.8. The van der Waals surface area contributed by atoms with Gasteiger partial charge in [0.15, 0.2) is 30.2 Å². The Hall–Kier alpha value is -4.63. The lowest BCUT2D eigenvalue weighted by molar-refractivity contribution is -0.139. The van der Waals surface area contributed by atoms with Gasteiger partial charge in [-0.1, -0.05) is 18.2 Å². The molecule has 0 aliphatic carbocycles. The molecule has 0 spiro atoms. The van der Waals surface area contributed by atoms with Crippen molar-refractivity contribution in [3.63, 3.8) is 0 Å². The summed E-state index contributed by atoms with van der Waals surface area (Å²) in [6, 6.07) is 16.5. The van der Waals surface area contributed by atoms with Gasteiger partial charge in [-0.2, -0.15) is 0 Å². The topological polar surface area (TPSA) is 108 Å². The number of thiophene rings is 1. The number of rotatable bonds is 11. The molecule has 4 aromatic rings. The van der Waals surface area contributed by atoms with Crippen molar-refractivity contribution in [2.45, 2.75) is 0 Å². The maximum Gasteiger partial charge on any atom is 0.341 e. The largest absolute Gasteiger partial charge is 0.496 e. The first kappa shape index (κ1) is 26.4. The van der Waals surface area contributed by atoms with E-state index < -0.39 is 18.4 Å². The van der Waals surface area contributed by atoms with Crippen LogP contribution in [0.4, 0.5) is 0 Å². The van der Waals surface area contributed by atoms with Crippen molar-refractivity contribution in [2.24, 2.45) is 0 Å². The monoisotopic (exact) mass is 532 g/mol. The molecule has 0 aliphatic rings. The molecule has 0 radical (unpaired) electrons. The van der Waals surface area contributed by atoms with Gasteiger partial charge in [-0.15, -0.1) is 11.3 Å². The molecule has 0 aliphatic heterocycles. The predicted molar refractivity (Wildman–Crippen MR) is 145 cm³/mol. The van der Waals surface area contributed by atoms with Gasteiger partial charge in [-0.25, -0.2) is 4.79 Å². The Morgan fingerprint density at radius 3 is 2.29 bits per heavy atom. The third-order valence-electron chi connectivity index (χ3n) is 5.71. The van der Waals surface area contributed by atoms with E-state index in [1.165, 1.54) is 32.4 Å². The number of carbonyl (C=O) groups excluding carboxylic acids is 2. The Bertz CT molecular complexity index is 1520. The van der Waals surface area contributed by atoms with Crippen molar-refractivity contribution in [1.29, 1.82) is 0 Å². The molecule has 0 fully saturated rings. The smallest absolute Gasteiger partial charge is 0.341 e. The van der Waals surface area contributed by atoms with Crippen LogP contribution in [0.25, 0.3) is 26.6 Å². The highest BCUT2D eigenvalue weighted by Crippen LogP contribution is 2.42. The van der Waals surface area contributed by atoms with Gasteiger partial charge in [0, 0.05) is 32.3 Å². The summed E-state index contributed by atoms with van der Waals surface area (Å²) in [5.41, 5.74) is 1.67. The molecule has 194 valence electrons. The minimum absolute atomic E-state index is 0.00331. The second-order valence-electron chi connectivity index (χ2n) is 8.04. The van der Waals surface area contributed by atoms with Crippen molar-refractivity contribution < 1.29 is 38.4 Å². The minimum atomic E-state index is -1.21. The van der Waals surface area contributed by atoms with Gasteiger partial charge in [0.05, 0.1) is 26.9 Å². The van der Waals surface area contributed by atoms with E-state index in [9.17, 15) is 14.4 Å². The van der Waals surface area contributed by atoms with E-state index in [-0.39, 0.29) is 22.6 Å². The molecule has 0 bridgehead atoms. The molecule has 1 aromatic heterocycles. The molecule has 1 N–H and O–H groups in total. The number of benzene rings is 3. The number of methoxy groups -OCH3 is 3. The number of aliphatic carboxylic acids is 1. The first-order valence-corrected chi connectivity index (χ1v) is 12.2. The average molecular weight is 533 g/mol. The highest BCUT2D eigenvalue weighted by Gasteiger charge is 2.18. The van der Waals surface area contributed by atoms with Crippen molar-refractivity contribution in [3.05, 3.63) is 77.4 Å². The predicted octanol–water partition coefficient (Wildman–Crippen LogP) is 5.77. The van der Waals surface area contributed by atoms with Crippen LogP contribution in [0.3, 0.4) is 0 Å². The molecule has 8 nitrogen and oxygen atoms in total. The molecule has 0 saturated heterocycles. The minimum Gasteiger partial charge on any atom is -0.496 e. The summed E-state index contributed by atoms with van der Waals surface area (Å²) in [4.78, 5) is 36.6. The third-order valence-corrected chi connectivity index (χ3v) is 6.86. The fraction of sp³-hybridized carbons (Fsp3) is 0.138. The highest BCUT2D eigenvalue weighted by atomic mass is 32.1. The lowest BCUT2D eigenvalue weighted by Gasteiger charge is -2.13. The first-order valence-electron chi connectivity index (χ1n) is 11.4. The number of aldehydes is 1. The summed E-state index contributed by atoms with van der Waals surface area (Å²) in [6.45, 7) is -0.663. The second-order valence-corrected chi connectivity index (χ2v) is 9.12. The summed E-state index contributed by atoms with van der Waals surface area (Å²) >= 11 is 1.63. The van der Waals surface area contributed by atoms with Crippen LogP contribution >= 0.6 is 11.3 Å². The maximum absolute atomic E-state index is 13.1. The molecule has 0 amide bonds. The zero-order chi connectivity index (χ0) is 27.2. The quantitative estimate of drug-likeness (QED) is 0.147. The normalized spacial score (nSPS) is 10.9. The number of carbonyl (C=O) groups is 3. The number of ether oxygens (including phenoxy) is 4. The Balaban J connectivity index is 1.71. The van der Waals surface area contributed by atoms with Crippen molar-refractivity contribution in [2.75, 3.05) is 27.9 Å². The van der Waals surface area contributed by atoms with Crippen molar-refractivity contribution in [1.82, 2.24) is 0 Å². The molecule has 1 heterocycles. The summed E-state index contributed by atoms with van der Waals surface area (Å²) in [5.74, 6) is -0.446. The van der Waals surface area contributed by atoms with Gasteiger partial charge in [-0.05, 0) is 47.9 Å². The van der Waals surface area contributed by atoms with E-state index in [1.807, 2.05) is 24.3 Å². The maximum atomic E-state index is 13.1. The number of carboxylic acid groups (broad SMARTS) is 1. The summed E-state index contributed by atoms with van der Waals surface area (Å²) in [5, 5.41) is 10.0. The summed E-state index contributed by atoms with van der Waals surface area (Å²) in [6.07, 6.45) is 3.46. The van der Waals surface area contributed by atoms with E-state index in [2.05, 4.69) is 12.1 Å². The fourth-order valence-electron chi connectivity index (χ4n) is 3.92. The standard InChI is InChI=1S/C29H24O8S/c1-34-23-14-24(35-2)21(27-13-18-6-4-5-7-26(18)38-27)11-17(23)8-9-22(31)19-10-20(15-30)29(25(12-19)36-3)37-16-28(32)33/h4-15H,16H2,1-3H3,(H,32,33). The second kappa shape index (κ2) is 11.6. The van der Waals surface area contributed by atoms with Crippen LogP contribution in [0.2, 0.25) is 0 Å². The Kier molecular flexibility index (Phi) is 8.08. The molecule has 0 atom stereocenters. The SMILES string of the molecule is COc1cc(OC)c(-c2cc3ccccc3s2)cc1C=CC(=O)c1cc(C=O)c(OCC(=O)O)c(OC)c1. The average Bonchev–Trinajstić information content (AvgIpc) is 3.37. The number of hydrogen-bond donors (Lipinski definition) is 1. The fourth-order valence-corrected chi connectivity index (χ4v) is 5.00. The van der Waals surface area contributed by atoms with Crippen LogP contribution in [0, 0.1) is 0 Å². The van der Waals surface area contributed by atoms with Gasteiger partial charge in [0.25, 0.3) is 0 Å². The van der Waals surface area contributed by atoms with E-state index in [0.29, 0.717) is 23.3 Å². The first-order chi connectivity index (χ1) is 18.4. The van der Waals surface area contributed by atoms with Crippen LogP contribution in [0.5, 0.6) is 23.0 Å². The molecular formula is C29H24O8S. The Morgan fingerprint density at radius 1 is 0.895 bits per heavy atom. The number of hydrogen-bond acceptors (Lipinski definition) is 8. The van der Waals surface area contributed by atoms with E-state index in [1.54, 1.807) is 30.6 Å². The van der Waals surface area contributed by atoms with Crippen LogP contribution in [0.1, 0.15) is 26.3 Å². The van der Waals surface area contributed by atoms with Gasteiger partial charge in [-0.3, -0.25) is 9.59 Å². The third kappa shape index (κ3) is 5.52. The number of fused-ring (bicyclic) bond motifs is 1. The van der Waals surface area contributed by atoms with Crippen molar-refractivity contribution in [3.8, 4) is 33.4 Å². The molecule has 0 unspecified atom stereocenters. The van der Waals surface area contributed by atoms with Crippen molar-refractivity contribution >= 4 is 45.5 Å². The molecule has 9 heteroatoms. The van der Waals surface area contributed by atoms with Gasteiger partial charge in [0.2, 0.25) is 0 Å². The number of ketones is 1. The van der Waals surface area contributed by atoms with Crippen LogP contribution < -0.4 is 18.9 Å². The van der Waals surface area contributed by atoms with Gasteiger partial charge < -0.3 is 24.1 Å². The zero-order valence-corrected chi connectivity index (χ0v) is 21.7. The summed E-state index contributed by atoms with van der Waals surface area (Å²) < 4.78 is 22.7. The highest BCUT2D eigenvalue weighted by molar-refractivity contribution is 7.22. The Morgan fingerprint density at radius 2 is 1.63 bits per heavy atom. The van der Waals surface area contributed by atoms with Gasteiger partial charge in [0.1, 0.15) is 11.5 Å². The molecule has 3 aromatic carbocycles.